The highest BCUT2D eigenvalue weighted by Crippen LogP contribution is 2.14. The molecule has 0 fully saturated rings. The Kier molecular flexibility index (Phi) is 17.3. The number of unbranched alkanes of at least 4 members (excludes halogenated alkanes) is 11. The Morgan fingerprint density at radius 1 is 0.783 bits per heavy atom. The van der Waals surface area contributed by atoms with Crippen molar-refractivity contribution in [3.8, 4) is 0 Å². The van der Waals surface area contributed by atoms with E-state index in [0.29, 0.717) is 6.42 Å². The maximum atomic E-state index is 10.9. The van der Waals surface area contributed by atoms with E-state index in [1.165, 1.54) is 58.5 Å². The minimum absolute atomic E-state index is 0.106. The Bertz CT molecular complexity index is 253. The molecular formula is C20H40O3. The standard InChI is InChI=1S/C20H40O3/c1-3-4-5-6-7-8-10-13-16-19(21)17-14-11-9-12-15-18-20(22)23-2/h19,21H,3-18H2,1-2H3. The second-order valence-corrected chi connectivity index (χ2v) is 6.80. The lowest BCUT2D eigenvalue weighted by atomic mass is 10.0. The van der Waals surface area contributed by atoms with Crippen LogP contribution in [0.15, 0.2) is 0 Å². The zero-order valence-electron chi connectivity index (χ0n) is 15.7. The van der Waals surface area contributed by atoms with Gasteiger partial charge in [0.15, 0.2) is 0 Å². The third-order valence-electron chi connectivity index (χ3n) is 4.54. The number of rotatable bonds is 17. The summed E-state index contributed by atoms with van der Waals surface area (Å²) in [6.45, 7) is 2.25. The first kappa shape index (κ1) is 22.4. The summed E-state index contributed by atoms with van der Waals surface area (Å²) in [6, 6.07) is 0. The van der Waals surface area contributed by atoms with Gasteiger partial charge in [-0.2, -0.15) is 0 Å². The quantitative estimate of drug-likeness (QED) is 0.272. The van der Waals surface area contributed by atoms with Gasteiger partial charge in [0.25, 0.3) is 0 Å². The van der Waals surface area contributed by atoms with Gasteiger partial charge in [-0.25, -0.2) is 0 Å². The van der Waals surface area contributed by atoms with Crippen molar-refractivity contribution >= 4 is 5.97 Å². The second kappa shape index (κ2) is 17.8. The van der Waals surface area contributed by atoms with Crippen LogP contribution >= 0.6 is 0 Å². The summed E-state index contributed by atoms with van der Waals surface area (Å²) in [6.07, 6.45) is 18.4. The molecule has 0 aromatic rings. The largest absolute Gasteiger partial charge is 0.469 e. The predicted octanol–water partition coefficient (Wildman–Crippen LogP) is 5.78. The van der Waals surface area contributed by atoms with Crippen molar-refractivity contribution in [3.05, 3.63) is 0 Å². The van der Waals surface area contributed by atoms with E-state index >= 15 is 0 Å². The predicted molar refractivity (Wildman–Crippen MR) is 97.6 cm³/mol. The molecule has 0 heterocycles. The van der Waals surface area contributed by atoms with E-state index in [4.69, 9.17) is 0 Å². The molecule has 3 nitrogen and oxygen atoms in total. The Balaban J connectivity index is 3.19. The molecular weight excluding hydrogens is 288 g/mol. The van der Waals surface area contributed by atoms with E-state index < -0.39 is 0 Å². The molecule has 0 aliphatic heterocycles. The van der Waals surface area contributed by atoms with Crippen LogP contribution in [0.1, 0.15) is 110 Å². The van der Waals surface area contributed by atoms with Gasteiger partial charge in [0.2, 0.25) is 0 Å². The summed E-state index contributed by atoms with van der Waals surface area (Å²) in [5.41, 5.74) is 0. The maximum absolute atomic E-state index is 10.9. The molecule has 0 aromatic heterocycles. The first-order chi connectivity index (χ1) is 11.2. The molecule has 3 heteroatoms. The van der Waals surface area contributed by atoms with Crippen molar-refractivity contribution in [2.75, 3.05) is 7.11 Å². The van der Waals surface area contributed by atoms with Gasteiger partial charge >= 0.3 is 5.97 Å². The van der Waals surface area contributed by atoms with Gasteiger partial charge in [0, 0.05) is 6.42 Å². The first-order valence-electron chi connectivity index (χ1n) is 9.95. The molecule has 0 aliphatic carbocycles. The smallest absolute Gasteiger partial charge is 0.305 e. The van der Waals surface area contributed by atoms with Crippen LogP contribution in [0, 0.1) is 0 Å². The molecule has 0 saturated heterocycles. The normalized spacial score (nSPS) is 12.3. The van der Waals surface area contributed by atoms with Gasteiger partial charge in [-0.15, -0.1) is 0 Å². The topological polar surface area (TPSA) is 46.5 Å². The minimum atomic E-state index is -0.106. The van der Waals surface area contributed by atoms with Gasteiger partial charge in [-0.3, -0.25) is 4.79 Å². The van der Waals surface area contributed by atoms with Crippen LogP contribution in [-0.2, 0) is 9.53 Å². The van der Waals surface area contributed by atoms with E-state index in [-0.39, 0.29) is 12.1 Å². The van der Waals surface area contributed by atoms with Crippen LogP contribution in [0.4, 0.5) is 0 Å². The van der Waals surface area contributed by atoms with Gasteiger partial charge in [0.05, 0.1) is 13.2 Å². The van der Waals surface area contributed by atoms with Crippen molar-refractivity contribution in [1.29, 1.82) is 0 Å². The molecule has 0 rings (SSSR count). The fourth-order valence-electron chi connectivity index (χ4n) is 2.94. The highest BCUT2D eigenvalue weighted by molar-refractivity contribution is 5.68. The van der Waals surface area contributed by atoms with Crippen molar-refractivity contribution in [1.82, 2.24) is 0 Å². The molecule has 0 radical (unpaired) electrons. The summed E-state index contributed by atoms with van der Waals surface area (Å²) in [7, 11) is 1.44. The number of hydrogen-bond acceptors (Lipinski definition) is 3. The number of esters is 1. The van der Waals surface area contributed by atoms with Crippen LogP contribution in [0.25, 0.3) is 0 Å². The van der Waals surface area contributed by atoms with E-state index in [1.807, 2.05) is 0 Å². The molecule has 0 bridgehead atoms. The van der Waals surface area contributed by atoms with Crippen molar-refractivity contribution in [3.63, 3.8) is 0 Å². The Morgan fingerprint density at radius 3 is 1.70 bits per heavy atom. The van der Waals surface area contributed by atoms with Gasteiger partial charge in [-0.1, -0.05) is 84.0 Å². The van der Waals surface area contributed by atoms with Crippen LogP contribution < -0.4 is 0 Å². The summed E-state index contributed by atoms with van der Waals surface area (Å²) in [4.78, 5) is 10.9. The summed E-state index contributed by atoms with van der Waals surface area (Å²) in [5, 5.41) is 9.97. The van der Waals surface area contributed by atoms with Crippen molar-refractivity contribution < 1.29 is 14.6 Å². The lowest BCUT2D eigenvalue weighted by Crippen LogP contribution is -2.06. The molecule has 0 amide bonds. The third kappa shape index (κ3) is 17.6. The number of ether oxygens (including phenoxy) is 1. The number of methoxy groups -OCH3 is 1. The van der Waals surface area contributed by atoms with Crippen molar-refractivity contribution in [2.24, 2.45) is 0 Å². The molecule has 0 saturated carbocycles. The Morgan fingerprint density at radius 2 is 1.22 bits per heavy atom. The fraction of sp³-hybridized carbons (Fsp3) is 0.950. The van der Waals surface area contributed by atoms with E-state index in [1.54, 1.807) is 0 Å². The molecule has 1 N–H and O–H groups in total. The van der Waals surface area contributed by atoms with Crippen LogP contribution in [0.3, 0.4) is 0 Å². The Labute approximate surface area is 144 Å². The molecule has 23 heavy (non-hydrogen) atoms. The molecule has 0 aromatic carbocycles. The average molecular weight is 329 g/mol. The molecule has 138 valence electrons. The number of aliphatic hydroxyl groups excluding tert-OH is 1. The minimum Gasteiger partial charge on any atom is -0.469 e. The fourth-order valence-corrected chi connectivity index (χ4v) is 2.94. The lowest BCUT2D eigenvalue weighted by Gasteiger charge is -2.10. The summed E-state index contributed by atoms with van der Waals surface area (Å²) in [5.74, 6) is -0.106. The highest BCUT2D eigenvalue weighted by Gasteiger charge is 2.04. The monoisotopic (exact) mass is 328 g/mol. The number of aliphatic hydroxyl groups is 1. The molecule has 1 unspecified atom stereocenters. The SMILES string of the molecule is CCCCCCCCCCC(O)CCCCCCCC(=O)OC. The van der Waals surface area contributed by atoms with E-state index in [2.05, 4.69) is 11.7 Å². The summed E-state index contributed by atoms with van der Waals surface area (Å²) >= 11 is 0. The third-order valence-corrected chi connectivity index (χ3v) is 4.54. The van der Waals surface area contributed by atoms with Gasteiger partial charge in [-0.05, 0) is 19.3 Å². The van der Waals surface area contributed by atoms with Crippen LogP contribution in [0.2, 0.25) is 0 Å². The zero-order chi connectivity index (χ0) is 17.2. The molecule has 0 aliphatic rings. The van der Waals surface area contributed by atoms with Crippen molar-refractivity contribution in [2.45, 2.75) is 116 Å². The van der Waals surface area contributed by atoms with Crippen LogP contribution in [-0.4, -0.2) is 24.3 Å². The van der Waals surface area contributed by atoms with Gasteiger partial charge in [0.1, 0.15) is 0 Å². The Hall–Kier alpha value is -0.570. The molecule has 0 spiro atoms. The lowest BCUT2D eigenvalue weighted by molar-refractivity contribution is -0.140. The maximum Gasteiger partial charge on any atom is 0.305 e. The molecule has 1 atom stereocenters. The zero-order valence-corrected chi connectivity index (χ0v) is 15.7. The van der Waals surface area contributed by atoms with Gasteiger partial charge < -0.3 is 9.84 Å². The number of carbonyl (C=O) groups excluding carboxylic acids is 1. The first-order valence-corrected chi connectivity index (χ1v) is 9.95. The second-order valence-electron chi connectivity index (χ2n) is 6.80. The van der Waals surface area contributed by atoms with Crippen LogP contribution in [0.5, 0.6) is 0 Å². The average Bonchev–Trinajstić information content (AvgIpc) is 2.56. The van der Waals surface area contributed by atoms with E-state index in [9.17, 15) is 9.90 Å². The summed E-state index contributed by atoms with van der Waals surface area (Å²) < 4.78 is 4.62. The highest BCUT2D eigenvalue weighted by atomic mass is 16.5. The number of carbonyl (C=O) groups is 1. The number of hydrogen-bond donors (Lipinski definition) is 1. The van der Waals surface area contributed by atoms with E-state index in [0.717, 1.165) is 44.9 Å².